The van der Waals surface area contributed by atoms with Crippen LogP contribution in [0.2, 0.25) is 0 Å². The van der Waals surface area contributed by atoms with Gasteiger partial charge in [-0.25, -0.2) is 4.98 Å². The van der Waals surface area contributed by atoms with Crippen LogP contribution >= 0.6 is 0 Å². The van der Waals surface area contributed by atoms with Gasteiger partial charge in [0.05, 0.1) is 13.2 Å². The molecule has 1 atom stereocenters. The standard InChI is InChI=1S/C15H22N4O2/c1-16-14-4-2-3-13(17-14)15(20)19-6-5-12(11-19)18-7-9-21-10-8-18/h2-4,12H,5-11H2,1H3,(H,16,17). The summed E-state index contributed by atoms with van der Waals surface area (Å²) < 4.78 is 5.39. The predicted octanol–water partition coefficient (Wildman–Crippen LogP) is 0.670. The second kappa shape index (κ2) is 6.41. The molecule has 6 nitrogen and oxygen atoms in total. The number of ether oxygens (including phenoxy) is 1. The van der Waals surface area contributed by atoms with Crippen LogP contribution in [0, 0.1) is 0 Å². The fraction of sp³-hybridized carbons (Fsp3) is 0.600. The molecular weight excluding hydrogens is 268 g/mol. The SMILES string of the molecule is CNc1cccc(C(=O)N2CCC(N3CCOCC3)C2)n1. The van der Waals surface area contributed by atoms with E-state index >= 15 is 0 Å². The number of carbonyl (C=O) groups excluding carboxylic acids is 1. The van der Waals surface area contributed by atoms with Crippen molar-refractivity contribution in [2.45, 2.75) is 12.5 Å². The smallest absolute Gasteiger partial charge is 0.272 e. The van der Waals surface area contributed by atoms with Crippen molar-refractivity contribution in [2.24, 2.45) is 0 Å². The molecule has 2 saturated heterocycles. The minimum Gasteiger partial charge on any atom is -0.379 e. The highest BCUT2D eigenvalue weighted by molar-refractivity contribution is 5.92. The number of rotatable bonds is 3. The van der Waals surface area contributed by atoms with Gasteiger partial charge in [-0.15, -0.1) is 0 Å². The van der Waals surface area contributed by atoms with Gasteiger partial charge in [-0.3, -0.25) is 9.69 Å². The van der Waals surface area contributed by atoms with E-state index in [1.165, 1.54) is 0 Å². The van der Waals surface area contributed by atoms with E-state index in [1.807, 2.05) is 17.0 Å². The lowest BCUT2D eigenvalue weighted by atomic mass is 10.2. The lowest BCUT2D eigenvalue weighted by Crippen LogP contribution is -2.45. The summed E-state index contributed by atoms with van der Waals surface area (Å²) >= 11 is 0. The van der Waals surface area contributed by atoms with Gasteiger partial charge in [-0.1, -0.05) is 6.07 Å². The van der Waals surface area contributed by atoms with Gasteiger partial charge in [0.15, 0.2) is 0 Å². The van der Waals surface area contributed by atoms with E-state index in [0.29, 0.717) is 11.7 Å². The highest BCUT2D eigenvalue weighted by atomic mass is 16.5. The zero-order chi connectivity index (χ0) is 14.7. The molecule has 0 aliphatic carbocycles. The minimum atomic E-state index is 0.0304. The summed E-state index contributed by atoms with van der Waals surface area (Å²) in [6.07, 6.45) is 1.04. The Kier molecular flexibility index (Phi) is 4.36. The molecule has 3 heterocycles. The molecule has 0 radical (unpaired) electrons. The van der Waals surface area contributed by atoms with Gasteiger partial charge < -0.3 is 15.0 Å². The highest BCUT2D eigenvalue weighted by Crippen LogP contribution is 2.19. The third kappa shape index (κ3) is 3.16. The van der Waals surface area contributed by atoms with Crippen LogP contribution in [0.4, 0.5) is 5.82 Å². The number of hydrogen-bond acceptors (Lipinski definition) is 5. The van der Waals surface area contributed by atoms with Crippen LogP contribution in [0.5, 0.6) is 0 Å². The molecule has 2 aliphatic rings. The quantitative estimate of drug-likeness (QED) is 0.887. The van der Waals surface area contributed by atoms with Gasteiger partial charge in [0.2, 0.25) is 0 Å². The lowest BCUT2D eigenvalue weighted by Gasteiger charge is -2.32. The Morgan fingerprint density at radius 2 is 2.14 bits per heavy atom. The molecule has 0 spiro atoms. The van der Waals surface area contributed by atoms with Gasteiger partial charge in [-0.05, 0) is 18.6 Å². The van der Waals surface area contributed by atoms with Crippen molar-refractivity contribution < 1.29 is 9.53 Å². The Bertz CT molecular complexity index is 502. The number of amides is 1. The molecule has 2 fully saturated rings. The van der Waals surface area contributed by atoms with Crippen LogP contribution in [0.1, 0.15) is 16.9 Å². The average molecular weight is 290 g/mol. The first-order chi connectivity index (χ1) is 10.3. The monoisotopic (exact) mass is 290 g/mol. The van der Waals surface area contributed by atoms with Gasteiger partial charge >= 0.3 is 0 Å². The van der Waals surface area contributed by atoms with Crippen LogP contribution in [0.3, 0.4) is 0 Å². The summed E-state index contributed by atoms with van der Waals surface area (Å²) in [4.78, 5) is 21.2. The number of anilines is 1. The van der Waals surface area contributed by atoms with Gasteiger partial charge in [0.1, 0.15) is 11.5 Å². The van der Waals surface area contributed by atoms with Crippen LogP contribution in [-0.4, -0.2) is 73.2 Å². The topological polar surface area (TPSA) is 57.7 Å². The second-order valence-electron chi connectivity index (χ2n) is 5.50. The van der Waals surface area contributed by atoms with Crippen molar-refractivity contribution in [1.82, 2.24) is 14.8 Å². The number of pyridine rings is 1. The van der Waals surface area contributed by atoms with E-state index in [1.54, 1.807) is 13.1 Å². The zero-order valence-corrected chi connectivity index (χ0v) is 12.4. The molecular formula is C15H22N4O2. The first kappa shape index (κ1) is 14.3. The Morgan fingerprint density at radius 3 is 2.90 bits per heavy atom. The maximum Gasteiger partial charge on any atom is 0.272 e. The molecule has 2 aliphatic heterocycles. The van der Waals surface area contributed by atoms with E-state index < -0.39 is 0 Å². The maximum atomic E-state index is 12.5. The van der Waals surface area contributed by atoms with Crippen LogP contribution < -0.4 is 5.32 Å². The molecule has 1 N–H and O–H groups in total. The Balaban J connectivity index is 1.63. The predicted molar refractivity (Wildman–Crippen MR) is 80.5 cm³/mol. The summed E-state index contributed by atoms with van der Waals surface area (Å²) in [7, 11) is 1.81. The van der Waals surface area contributed by atoms with Crippen molar-refractivity contribution in [3.63, 3.8) is 0 Å². The van der Waals surface area contributed by atoms with Crippen molar-refractivity contribution in [2.75, 3.05) is 51.8 Å². The molecule has 21 heavy (non-hydrogen) atoms. The maximum absolute atomic E-state index is 12.5. The Hall–Kier alpha value is -1.66. The number of nitrogens with one attached hydrogen (secondary N) is 1. The fourth-order valence-electron chi connectivity index (χ4n) is 3.02. The van der Waals surface area contributed by atoms with Gasteiger partial charge in [0.25, 0.3) is 5.91 Å². The molecule has 0 saturated carbocycles. The Labute approximate surface area is 125 Å². The van der Waals surface area contributed by atoms with Gasteiger partial charge in [0, 0.05) is 39.3 Å². The highest BCUT2D eigenvalue weighted by Gasteiger charge is 2.31. The summed E-state index contributed by atoms with van der Waals surface area (Å²) in [5.74, 6) is 0.757. The number of aromatic nitrogens is 1. The summed E-state index contributed by atoms with van der Waals surface area (Å²) in [5.41, 5.74) is 0.518. The third-order valence-electron chi connectivity index (χ3n) is 4.24. The molecule has 6 heteroatoms. The third-order valence-corrected chi connectivity index (χ3v) is 4.24. The molecule has 3 rings (SSSR count). The zero-order valence-electron chi connectivity index (χ0n) is 12.4. The van der Waals surface area contributed by atoms with Crippen molar-refractivity contribution in [3.8, 4) is 0 Å². The fourth-order valence-corrected chi connectivity index (χ4v) is 3.02. The molecule has 1 unspecified atom stereocenters. The largest absolute Gasteiger partial charge is 0.379 e. The average Bonchev–Trinajstić information content (AvgIpc) is 3.05. The van der Waals surface area contributed by atoms with E-state index in [9.17, 15) is 4.79 Å². The molecule has 0 aromatic carbocycles. The summed E-state index contributed by atoms with van der Waals surface area (Å²) in [6.45, 7) is 5.16. The Morgan fingerprint density at radius 1 is 1.33 bits per heavy atom. The van der Waals surface area contributed by atoms with Crippen LogP contribution in [0.15, 0.2) is 18.2 Å². The van der Waals surface area contributed by atoms with E-state index in [4.69, 9.17) is 4.74 Å². The van der Waals surface area contributed by atoms with Crippen LogP contribution in [-0.2, 0) is 4.74 Å². The summed E-state index contributed by atoms with van der Waals surface area (Å²) in [5, 5.41) is 2.97. The minimum absolute atomic E-state index is 0.0304. The first-order valence-corrected chi connectivity index (χ1v) is 7.54. The number of likely N-dealkylation sites (tertiary alicyclic amines) is 1. The number of carbonyl (C=O) groups is 1. The van der Waals surface area contributed by atoms with Gasteiger partial charge in [-0.2, -0.15) is 0 Å². The molecule has 0 bridgehead atoms. The van der Waals surface area contributed by atoms with Crippen molar-refractivity contribution >= 4 is 11.7 Å². The van der Waals surface area contributed by atoms with Crippen LogP contribution in [0.25, 0.3) is 0 Å². The summed E-state index contributed by atoms with van der Waals surface area (Å²) in [6, 6.07) is 5.97. The second-order valence-corrected chi connectivity index (χ2v) is 5.50. The molecule has 1 aromatic heterocycles. The van der Waals surface area contributed by atoms with E-state index in [0.717, 1.165) is 51.6 Å². The molecule has 1 amide bonds. The lowest BCUT2D eigenvalue weighted by molar-refractivity contribution is 0.0185. The van der Waals surface area contributed by atoms with E-state index in [2.05, 4.69) is 15.2 Å². The van der Waals surface area contributed by atoms with Crippen molar-refractivity contribution in [3.05, 3.63) is 23.9 Å². The number of nitrogens with zero attached hydrogens (tertiary/aromatic N) is 3. The molecule has 1 aromatic rings. The number of morpholine rings is 1. The first-order valence-electron chi connectivity index (χ1n) is 7.54. The number of hydrogen-bond donors (Lipinski definition) is 1. The van der Waals surface area contributed by atoms with Crippen molar-refractivity contribution in [1.29, 1.82) is 0 Å². The normalized spacial score (nSPS) is 23.3. The van der Waals surface area contributed by atoms with E-state index in [-0.39, 0.29) is 5.91 Å². The molecule has 114 valence electrons.